The molecule has 0 heterocycles. The summed E-state index contributed by atoms with van der Waals surface area (Å²) in [5.41, 5.74) is 1.80. The number of nitrogens with zero attached hydrogens (tertiary/aromatic N) is 1. The van der Waals surface area contributed by atoms with Gasteiger partial charge in [0.2, 0.25) is 0 Å². The van der Waals surface area contributed by atoms with Gasteiger partial charge in [0.1, 0.15) is 0 Å². The van der Waals surface area contributed by atoms with Crippen molar-refractivity contribution in [2.45, 2.75) is 51.0 Å². The van der Waals surface area contributed by atoms with Crippen LogP contribution in [0, 0.1) is 24.7 Å². The van der Waals surface area contributed by atoms with Gasteiger partial charge in [-0.25, -0.2) is 13.4 Å². The lowest BCUT2D eigenvalue weighted by molar-refractivity contribution is 0.400. The third-order valence-corrected chi connectivity index (χ3v) is 6.62. The van der Waals surface area contributed by atoms with E-state index in [1.54, 1.807) is 6.07 Å². The Morgan fingerprint density at radius 1 is 1.19 bits per heavy atom. The van der Waals surface area contributed by atoms with E-state index in [2.05, 4.69) is 17.6 Å². The first-order chi connectivity index (χ1) is 12.4. The van der Waals surface area contributed by atoms with Crippen LogP contribution in [0.2, 0.25) is 0 Å². The summed E-state index contributed by atoms with van der Waals surface area (Å²) < 4.78 is 23.5. The molecule has 5 nitrogen and oxygen atoms in total. The molecule has 0 bridgehead atoms. The van der Waals surface area contributed by atoms with Crippen LogP contribution in [0.25, 0.3) is 0 Å². The van der Waals surface area contributed by atoms with Gasteiger partial charge >= 0.3 is 0 Å². The van der Waals surface area contributed by atoms with Gasteiger partial charge in [0.15, 0.2) is 15.8 Å². The summed E-state index contributed by atoms with van der Waals surface area (Å²) in [6, 6.07) is 5.46. The van der Waals surface area contributed by atoms with E-state index in [-0.39, 0.29) is 0 Å². The van der Waals surface area contributed by atoms with Crippen LogP contribution in [0.1, 0.15) is 43.7 Å². The van der Waals surface area contributed by atoms with E-state index >= 15 is 0 Å². The van der Waals surface area contributed by atoms with Crippen LogP contribution in [0.5, 0.6) is 0 Å². The Kier molecular flexibility index (Phi) is 5.90. The maximum Gasteiger partial charge on any atom is 0.191 e. The fourth-order valence-electron chi connectivity index (χ4n) is 3.72. The molecule has 0 unspecified atom stereocenters. The van der Waals surface area contributed by atoms with Crippen LogP contribution >= 0.6 is 0 Å². The molecule has 0 radical (unpaired) electrons. The quantitative estimate of drug-likeness (QED) is 0.540. The predicted molar refractivity (Wildman–Crippen MR) is 106 cm³/mol. The van der Waals surface area contributed by atoms with Crippen LogP contribution in [0.15, 0.2) is 28.1 Å². The summed E-state index contributed by atoms with van der Waals surface area (Å²) >= 11 is 0. The lowest BCUT2D eigenvalue weighted by Gasteiger charge is -2.18. The second kappa shape index (κ2) is 7.99. The molecule has 0 aromatic heterocycles. The molecule has 144 valence electrons. The van der Waals surface area contributed by atoms with E-state index in [4.69, 9.17) is 4.99 Å². The number of aryl methyl sites for hydroxylation is 1. The number of benzene rings is 1. The van der Waals surface area contributed by atoms with E-state index in [9.17, 15) is 8.42 Å². The number of sulfone groups is 1. The number of hydrogen-bond donors (Lipinski definition) is 2. The highest BCUT2D eigenvalue weighted by molar-refractivity contribution is 7.90. The Labute approximate surface area is 157 Å². The van der Waals surface area contributed by atoms with Gasteiger partial charge in [-0.05, 0) is 74.5 Å². The third-order valence-electron chi connectivity index (χ3n) is 5.36. The zero-order chi connectivity index (χ0) is 18.7. The zero-order valence-electron chi connectivity index (χ0n) is 16.1. The van der Waals surface area contributed by atoms with Gasteiger partial charge in [-0.2, -0.15) is 0 Å². The van der Waals surface area contributed by atoms with E-state index in [1.807, 2.05) is 19.1 Å². The van der Waals surface area contributed by atoms with Crippen molar-refractivity contribution in [2.24, 2.45) is 22.7 Å². The minimum atomic E-state index is -3.17. The number of aliphatic imine (C=N–C) groups is 1. The summed E-state index contributed by atoms with van der Waals surface area (Å²) in [7, 11) is -3.17. The molecule has 2 saturated carbocycles. The fraction of sp³-hybridized carbons (Fsp3) is 0.650. The van der Waals surface area contributed by atoms with Crippen molar-refractivity contribution in [1.29, 1.82) is 0 Å². The molecule has 2 aliphatic carbocycles. The Hall–Kier alpha value is -1.56. The van der Waals surface area contributed by atoms with Crippen LogP contribution in [0.3, 0.4) is 0 Å². The molecule has 6 heteroatoms. The molecule has 0 saturated heterocycles. The number of guanidine groups is 1. The maximum atomic E-state index is 11.7. The average Bonchev–Trinajstić information content (AvgIpc) is 3.45. The molecule has 26 heavy (non-hydrogen) atoms. The summed E-state index contributed by atoms with van der Waals surface area (Å²) in [4.78, 5) is 5.09. The zero-order valence-corrected chi connectivity index (χ0v) is 16.9. The third kappa shape index (κ3) is 5.22. The first-order valence-corrected chi connectivity index (χ1v) is 11.6. The fourth-order valence-corrected chi connectivity index (χ4v) is 4.68. The second-order valence-corrected chi connectivity index (χ2v) is 9.77. The first kappa shape index (κ1) is 19.2. The molecule has 2 aliphatic rings. The SMILES string of the molecule is CCNC(=NCc1ccc(S(C)(=O)=O)c(C)c1)NCC(C1CC1)C1CC1. The number of rotatable bonds is 8. The monoisotopic (exact) mass is 377 g/mol. The summed E-state index contributed by atoms with van der Waals surface area (Å²) in [5.74, 6) is 3.49. The van der Waals surface area contributed by atoms with Crippen molar-refractivity contribution >= 4 is 15.8 Å². The highest BCUT2D eigenvalue weighted by Gasteiger charge is 2.41. The van der Waals surface area contributed by atoms with Crippen molar-refractivity contribution in [1.82, 2.24) is 10.6 Å². The van der Waals surface area contributed by atoms with Crippen LogP contribution in [0.4, 0.5) is 0 Å². The normalized spacial score (nSPS) is 18.2. The van der Waals surface area contributed by atoms with Gasteiger partial charge in [-0.1, -0.05) is 12.1 Å². The first-order valence-electron chi connectivity index (χ1n) is 9.70. The largest absolute Gasteiger partial charge is 0.357 e. The predicted octanol–water partition coefficient (Wildman–Crippen LogP) is 2.89. The molecule has 1 aromatic rings. The van der Waals surface area contributed by atoms with E-state index in [0.29, 0.717) is 11.4 Å². The van der Waals surface area contributed by atoms with Crippen molar-refractivity contribution in [3.63, 3.8) is 0 Å². The highest BCUT2D eigenvalue weighted by atomic mass is 32.2. The molecule has 0 spiro atoms. The Morgan fingerprint density at radius 3 is 2.35 bits per heavy atom. The summed E-state index contributed by atoms with van der Waals surface area (Å²) in [5, 5.41) is 6.85. The van der Waals surface area contributed by atoms with Crippen molar-refractivity contribution in [2.75, 3.05) is 19.3 Å². The minimum Gasteiger partial charge on any atom is -0.357 e. The van der Waals surface area contributed by atoms with Gasteiger partial charge in [-0.3, -0.25) is 0 Å². The molecule has 1 aromatic carbocycles. The molecule has 2 fully saturated rings. The van der Waals surface area contributed by atoms with E-state index in [1.165, 1.54) is 31.9 Å². The van der Waals surface area contributed by atoms with Gasteiger partial charge in [0, 0.05) is 19.3 Å². The Bertz CT molecular complexity index is 753. The molecular weight excluding hydrogens is 346 g/mol. The van der Waals surface area contributed by atoms with Crippen molar-refractivity contribution in [3.8, 4) is 0 Å². The molecule has 0 atom stereocenters. The Balaban J connectivity index is 1.62. The maximum absolute atomic E-state index is 11.7. The van der Waals surface area contributed by atoms with Gasteiger partial charge in [0.25, 0.3) is 0 Å². The van der Waals surface area contributed by atoms with Crippen LogP contribution in [-0.2, 0) is 16.4 Å². The number of nitrogens with one attached hydrogen (secondary N) is 2. The second-order valence-electron chi connectivity index (χ2n) is 7.79. The lowest BCUT2D eigenvalue weighted by Crippen LogP contribution is -2.40. The van der Waals surface area contributed by atoms with Crippen LogP contribution < -0.4 is 10.6 Å². The molecule has 0 amide bonds. The van der Waals surface area contributed by atoms with Gasteiger partial charge < -0.3 is 10.6 Å². The molecule has 3 rings (SSSR count). The van der Waals surface area contributed by atoms with Crippen molar-refractivity contribution in [3.05, 3.63) is 29.3 Å². The average molecular weight is 378 g/mol. The Morgan fingerprint density at radius 2 is 1.85 bits per heavy atom. The minimum absolute atomic E-state index is 0.395. The van der Waals surface area contributed by atoms with Gasteiger partial charge in [0.05, 0.1) is 11.4 Å². The standard InChI is InChI=1S/C20H31N3O2S/c1-4-21-20(23-13-18(16-6-7-16)17-8-9-17)22-12-15-5-10-19(14(2)11-15)26(3,24)25/h5,10-11,16-18H,4,6-9,12-13H2,1-3H3,(H2,21,22,23). The van der Waals surface area contributed by atoms with Crippen LogP contribution in [-0.4, -0.2) is 33.7 Å². The molecule has 2 N–H and O–H groups in total. The summed E-state index contributed by atoms with van der Waals surface area (Å²) in [6.45, 7) is 6.28. The van der Waals surface area contributed by atoms with E-state index in [0.717, 1.165) is 47.9 Å². The lowest BCUT2D eigenvalue weighted by atomic mass is 9.98. The van der Waals surface area contributed by atoms with Crippen molar-refractivity contribution < 1.29 is 8.42 Å². The molecular formula is C20H31N3O2S. The highest BCUT2D eigenvalue weighted by Crippen LogP contribution is 2.48. The number of hydrogen-bond acceptors (Lipinski definition) is 3. The smallest absolute Gasteiger partial charge is 0.191 e. The van der Waals surface area contributed by atoms with E-state index < -0.39 is 9.84 Å². The van der Waals surface area contributed by atoms with Gasteiger partial charge in [-0.15, -0.1) is 0 Å². The topological polar surface area (TPSA) is 70.6 Å². The summed E-state index contributed by atoms with van der Waals surface area (Å²) in [6.07, 6.45) is 6.81. The molecule has 0 aliphatic heterocycles.